The fourth-order valence-electron chi connectivity index (χ4n) is 2.86. The Morgan fingerprint density at radius 1 is 1.35 bits per heavy atom. The van der Waals surface area contributed by atoms with Crippen LogP contribution in [0.2, 0.25) is 10.0 Å². The molecule has 0 bridgehead atoms. The van der Waals surface area contributed by atoms with Crippen LogP contribution in [0.4, 0.5) is 0 Å². The van der Waals surface area contributed by atoms with Gasteiger partial charge < -0.3 is 4.98 Å². The highest BCUT2D eigenvalue weighted by molar-refractivity contribution is 6.38. The summed E-state index contributed by atoms with van der Waals surface area (Å²) < 4.78 is 0. The van der Waals surface area contributed by atoms with Gasteiger partial charge in [0.25, 0.3) is 0 Å². The van der Waals surface area contributed by atoms with Crippen LogP contribution in [0.25, 0.3) is 10.9 Å². The van der Waals surface area contributed by atoms with E-state index in [1.165, 1.54) is 29.5 Å². The predicted molar refractivity (Wildman–Crippen MR) is 74.1 cm³/mol. The molecule has 0 fully saturated rings. The van der Waals surface area contributed by atoms with E-state index in [1.54, 1.807) is 0 Å². The molecule has 1 aliphatic carbocycles. The summed E-state index contributed by atoms with van der Waals surface area (Å²) in [5.74, 6) is 0.805. The first-order valence-corrected chi connectivity index (χ1v) is 6.93. The summed E-state index contributed by atoms with van der Waals surface area (Å²) in [6.07, 6.45) is 4.82. The number of H-pyrrole nitrogens is 1. The SMILES string of the molecule is CCC1CCc2[nH]c3c(Cl)cc(Cl)cc3c2C1. The Morgan fingerprint density at radius 2 is 2.18 bits per heavy atom. The van der Waals surface area contributed by atoms with Gasteiger partial charge in [0.05, 0.1) is 10.5 Å². The number of fused-ring (bicyclic) bond motifs is 3. The second-order valence-corrected chi connectivity index (χ2v) is 5.75. The summed E-state index contributed by atoms with van der Waals surface area (Å²) in [6, 6.07) is 3.85. The van der Waals surface area contributed by atoms with E-state index in [0.717, 1.165) is 34.3 Å². The summed E-state index contributed by atoms with van der Waals surface area (Å²) in [5.41, 5.74) is 3.84. The van der Waals surface area contributed by atoms with Crippen LogP contribution < -0.4 is 0 Å². The Bertz CT molecular complexity index is 571. The van der Waals surface area contributed by atoms with Crippen LogP contribution in [-0.2, 0) is 12.8 Å². The molecule has 0 saturated carbocycles. The molecule has 3 heteroatoms. The summed E-state index contributed by atoms with van der Waals surface area (Å²) in [5, 5.41) is 2.67. The predicted octanol–water partition coefficient (Wildman–Crippen LogP) is 4.99. The number of hydrogen-bond donors (Lipinski definition) is 1. The van der Waals surface area contributed by atoms with Crippen molar-refractivity contribution < 1.29 is 0 Å². The van der Waals surface area contributed by atoms with Crippen molar-refractivity contribution >= 4 is 34.1 Å². The van der Waals surface area contributed by atoms with E-state index in [-0.39, 0.29) is 0 Å². The van der Waals surface area contributed by atoms with Gasteiger partial charge in [0.15, 0.2) is 0 Å². The molecule has 0 aliphatic heterocycles. The number of nitrogens with one attached hydrogen (secondary N) is 1. The number of rotatable bonds is 1. The Morgan fingerprint density at radius 3 is 2.94 bits per heavy atom. The molecule has 1 aliphatic rings. The Kier molecular flexibility index (Phi) is 2.84. The quantitative estimate of drug-likeness (QED) is 0.750. The van der Waals surface area contributed by atoms with E-state index in [0.29, 0.717) is 0 Å². The molecule has 1 atom stereocenters. The highest BCUT2D eigenvalue weighted by Crippen LogP contribution is 2.37. The number of hydrogen-bond acceptors (Lipinski definition) is 0. The fourth-order valence-corrected chi connectivity index (χ4v) is 3.40. The average molecular weight is 268 g/mol. The molecule has 1 N–H and O–H groups in total. The number of halogens is 2. The zero-order valence-electron chi connectivity index (χ0n) is 9.82. The van der Waals surface area contributed by atoms with Gasteiger partial charge in [-0.25, -0.2) is 0 Å². The van der Waals surface area contributed by atoms with E-state index >= 15 is 0 Å². The average Bonchev–Trinajstić information content (AvgIpc) is 2.67. The van der Waals surface area contributed by atoms with Crippen LogP contribution in [0.1, 0.15) is 31.0 Å². The molecule has 1 nitrogen and oxygen atoms in total. The Labute approximate surface area is 111 Å². The molecule has 90 valence electrons. The zero-order valence-corrected chi connectivity index (χ0v) is 11.3. The standard InChI is InChI=1S/C14H15Cl2N/c1-2-8-3-4-13-10(5-8)11-6-9(15)7-12(16)14(11)17-13/h6-8,17H,2-5H2,1H3. The highest BCUT2D eigenvalue weighted by Gasteiger charge is 2.22. The lowest BCUT2D eigenvalue weighted by atomic mass is 9.85. The molecular formula is C14H15Cl2N. The second-order valence-electron chi connectivity index (χ2n) is 4.91. The van der Waals surface area contributed by atoms with Crippen molar-refractivity contribution in [2.75, 3.05) is 0 Å². The van der Waals surface area contributed by atoms with Crippen LogP contribution in [0.5, 0.6) is 0 Å². The van der Waals surface area contributed by atoms with Gasteiger partial charge in [0, 0.05) is 16.1 Å². The highest BCUT2D eigenvalue weighted by atomic mass is 35.5. The smallest absolute Gasteiger partial charge is 0.0662 e. The second kappa shape index (κ2) is 4.22. The normalized spacial score (nSPS) is 19.6. The monoisotopic (exact) mass is 267 g/mol. The first-order valence-electron chi connectivity index (χ1n) is 6.17. The lowest BCUT2D eigenvalue weighted by molar-refractivity contribution is 0.444. The van der Waals surface area contributed by atoms with Gasteiger partial charge in [-0.15, -0.1) is 0 Å². The van der Waals surface area contributed by atoms with E-state index in [2.05, 4.69) is 11.9 Å². The third kappa shape index (κ3) is 1.86. The Balaban J connectivity index is 2.20. The van der Waals surface area contributed by atoms with Crippen LogP contribution in [-0.4, -0.2) is 4.98 Å². The van der Waals surface area contributed by atoms with Crippen LogP contribution in [0.3, 0.4) is 0 Å². The van der Waals surface area contributed by atoms with Crippen molar-refractivity contribution in [3.8, 4) is 0 Å². The summed E-state index contributed by atoms with van der Waals surface area (Å²) in [6.45, 7) is 2.27. The molecule has 0 spiro atoms. The molecule has 1 aromatic heterocycles. The maximum absolute atomic E-state index is 6.24. The van der Waals surface area contributed by atoms with E-state index in [4.69, 9.17) is 23.2 Å². The first kappa shape index (κ1) is 11.4. The van der Waals surface area contributed by atoms with Crippen LogP contribution >= 0.6 is 23.2 Å². The number of aromatic amines is 1. The van der Waals surface area contributed by atoms with Gasteiger partial charge in [0.2, 0.25) is 0 Å². The van der Waals surface area contributed by atoms with Crippen molar-refractivity contribution in [2.24, 2.45) is 5.92 Å². The molecule has 0 radical (unpaired) electrons. The minimum atomic E-state index is 0.725. The minimum Gasteiger partial charge on any atom is -0.357 e. The molecule has 2 aromatic rings. The lowest BCUT2D eigenvalue weighted by Crippen LogP contribution is -2.12. The molecule has 1 unspecified atom stereocenters. The molecule has 1 heterocycles. The van der Waals surface area contributed by atoms with Gasteiger partial charge in [-0.2, -0.15) is 0 Å². The first-order chi connectivity index (χ1) is 8.19. The third-order valence-corrected chi connectivity index (χ3v) is 4.41. The molecule has 1 aromatic carbocycles. The van der Waals surface area contributed by atoms with Crippen molar-refractivity contribution in [3.05, 3.63) is 33.4 Å². The molecular weight excluding hydrogens is 253 g/mol. The van der Waals surface area contributed by atoms with Gasteiger partial charge in [0.1, 0.15) is 0 Å². The van der Waals surface area contributed by atoms with Crippen molar-refractivity contribution in [1.82, 2.24) is 4.98 Å². The summed E-state index contributed by atoms with van der Waals surface area (Å²) in [7, 11) is 0. The third-order valence-electron chi connectivity index (χ3n) is 3.89. The fraction of sp³-hybridized carbons (Fsp3) is 0.429. The maximum Gasteiger partial charge on any atom is 0.0662 e. The summed E-state index contributed by atoms with van der Waals surface area (Å²) >= 11 is 12.3. The lowest BCUT2D eigenvalue weighted by Gasteiger charge is -2.20. The van der Waals surface area contributed by atoms with E-state index in [1.807, 2.05) is 12.1 Å². The van der Waals surface area contributed by atoms with E-state index < -0.39 is 0 Å². The number of benzene rings is 1. The van der Waals surface area contributed by atoms with Crippen molar-refractivity contribution in [1.29, 1.82) is 0 Å². The van der Waals surface area contributed by atoms with Gasteiger partial charge >= 0.3 is 0 Å². The minimum absolute atomic E-state index is 0.725. The topological polar surface area (TPSA) is 15.8 Å². The number of aryl methyl sites for hydroxylation is 1. The van der Waals surface area contributed by atoms with Gasteiger partial charge in [-0.3, -0.25) is 0 Å². The van der Waals surface area contributed by atoms with Crippen molar-refractivity contribution in [2.45, 2.75) is 32.6 Å². The zero-order chi connectivity index (χ0) is 12.0. The molecule has 3 rings (SSSR count). The Hall–Kier alpha value is -0.660. The summed E-state index contributed by atoms with van der Waals surface area (Å²) in [4.78, 5) is 3.47. The van der Waals surface area contributed by atoms with Gasteiger partial charge in [-0.1, -0.05) is 36.5 Å². The number of aromatic nitrogens is 1. The molecule has 0 amide bonds. The van der Waals surface area contributed by atoms with Crippen LogP contribution in [0.15, 0.2) is 12.1 Å². The maximum atomic E-state index is 6.24. The molecule has 17 heavy (non-hydrogen) atoms. The molecule has 0 saturated heterocycles. The van der Waals surface area contributed by atoms with Crippen LogP contribution in [0, 0.1) is 5.92 Å². The van der Waals surface area contributed by atoms with Crippen molar-refractivity contribution in [3.63, 3.8) is 0 Å². The van der Waals surface area contributed by atoms with Gasteiger partial charge in [-0.05, 0) is 42.9 Å². The largest absolute Gasteiger partial charge is 0.357 e. The van der Waals surface area contributed by atoms with E-state index in [9.17, 15) is 0 Å².